The lowest BCUT2D eigenvalue weighted by Gasteiger charge is -2.26. The lowest BCUT2D eigenvalue weighted by atomic mass is 10.0. The van der Waals surface area contributed by atoms with E-state index < -0.39 is 47.9 Å². The Kier molecular flexibility index (Phi) is 16.6. The molecule has 0 radical (unpaired) electrons. The fourth-order valence-electron chi connectivity index (χ4n) is 3.40. The van der Waals surface area contributed by atoms with Crippen LogP contribution < -0.4 is 27.4 Å². The van der Waals surface area contributed by atoms with Gasteiger partial charge in [0.25, 0.3) is 0 Å². The van der Waals surface area contributed by atoms with E-state index in [4.69, 9.17) is 11.5 Å². The maximum Gasteiger partial charge on any atom is 0.326 e. The van der Waals surface area contributed by atoms with Crippen LogP contribution >= 0.6 is 11.8 Å². The molecule has 10 nitrogen and oxygen atoms in total. The largest absolute Gasteiger partial charge is 0.480 e. The van der Waals surface area contributed by atoms with Crippen molar-refractivity contribution in [2.75, 3.05) is 18.6 Å². The van der Waals surface area contributed by atoms with E-state index in [-0.39, 0.29) is 18.3 Å². The Morgan fingerprint density at radius 2 is 1.29 bits per heavy atom. The Balaban J connectivity index is 5.46. The molecule has 4 atom stereocenters. The third kappa shape index (κ3) is 13.8. The van der Waals surface area contributed by atoms with Crippen LogP contribution in [0.3, 0.4) is 0 Å². The summed E-state index contributed by atoms with van der Waals surface area (Å²) in [4.78, 5) is 50.1. The highest BCUT2D eigenvalue weighted by molar-refractivity contribution is 7.98. The molecule has 8 N–H and O–H groups in total. The summed E-state index contributed by atoms with van der Waals surface area (Å²) < 4.78 is 0. The van der Waals surface area contributed by atoms with Crippen molar-refractivity contribution in [1.82, 2.24) is 16.0 Å². The van der Waals surface area contributed by atoms with Gasteiger partial charge in [-0.2, -0.15) is 11.8 Å². The van der Waals surface area contributed by atoms with Crippen molar-refractivity contribution < 1.29 is 24.3 Å². The van der Waals surface area contributed by atoms with E-state index in [1.807, 2.05) is 34.0 Å². The molecule has 0 aromatic rings. The van der Waals surface area contributed by atoms with E-state index in [0.29, 0.717) is 44.4 Å². The molecule has 0 saturated carbocycles. The second-order valence-corrected chi connectivity index (χ2v) is 10.4. The van der Waals surface area contributed by atoms with Gasteiger partial charge in [0.15, 0.2) is 0 Å². The predicted octanol–water partition coefficient (Wildman–Crippen LogP) is 0.827. The number of carboxylic acids is 1. The molecule has 0 aliphatic heterocycles. The van der Waals surface area contributed by atoms with Crippen LogP contribution in [-0.4, -0.2) is 71.5 Å². The van der Waals surface area contributed by atoms with Crippen molar-refractivity contribution >= 4 is 35.5 Å². The fourth-order valence-corrected chi connectivity index (χ4v) is 3.87. The molecule has 0 aliphatic rings. The second kappa shape index (κ2) is 17.6. The Hall–Kier alpha value is -1.85. The topological polar surface area (TPSA) is 177 Å². The lowest BCUT2D eigenvalue weighted by Crippen LogP contribution is -2.57. The first-order valence-electron chi connectivity index (χ1n) is 12.0. The van der Waals surface area contributed by atoms with Crippen molar-refractivity contribution in [2.45, 2.75) is 90.4 Å². The zero-order chi connectivity index (χ0) is 26.3. The van der Waals surface area contributed by atoms with E-state index in [0.717, 1.165) is 0 Å². The standard InChI is InChI=1S/C23H45N5O5S/c1-14(2)12-16(25)20(29)26-18(9-11-34-5)22(31)27-17(8-6-7-10-24)21(30)28-19(23(32)33)13-15(3)4/h14-19H,6-13,24-25H2,1-5H3,(H,26,29)(H,27,31)(H,28,30)(H,32,33). The number of thioether (sulfide) groups is 1. The highest BCUT2D eigenvalue weighted by Crippen LogP contribution is 2.09. The quantitative estimate of drug-likeness (QED) is 0.149. The van der Waals surface area contributed by atoms with Crippen LogP contribution in [0.1, 0.15) is 66.2 Å². The minimum Gasteiger partial charge on any atom is -0.480 e. The van der Waals surface area contributed by atoms with Gasteiger partial charge in [-0.1, -0.05) is 27.7 Å². The maximum absolute atomic E-state index is 13.1. The first kappa shape index (κ1) is 32.1. The van der Waals surface area contributed by atoms with E-state index in [1.165, 1.54) is 11.8 Å². The third-order valence-electron chi connectivity index (χ3n) is 5.21. The van der Waals surface area contributed by atoms with Crippen LogP contribution in [0.5, 0.6) is 0 Å². The molecule has 0 spiro atoms. The van der Waals surface area contributed by atoms with E-state index in [2.05, 4.69) is 16.0 Å². The van der Waals surface area contributed by atoms with Gasteiger partial charge in [-0.25, -0.2) is 4.79 Å². The summed E-state index contributed by atoms with van der Waals surface area (Å²) in [6, 6.07) is -3.58. The highest BCUT2D eigenvalue weighted by Gasteiger charge is 2.30. The van der Waals surface area contributed by atoms with E-state index in [1.54, 1.807) is 0 Å². The molecule has 0 aliphatic carbocycles. The van der Waals surface area contributed by atoms with Gasteiger partial charge >= 0.3 is 5.97 Å². The average molecular weight is 504 g/mol. The normalized spacial score (nSPS) is 14.9. The van der Waals surface area contributed by atoms with Gasteiger partial charge in [-0.15, -0.1) is 0 Å². The number of rotatable bonds is 18. The molecule has 0 heterocycles. The number of unbranched alkanes of at least 4 members (excludes halogenated alkanes) is 1. The molecular weight excluding hydrogens is 458 g/mol. The molecule has 0 aromatic heterocycles. The Bertz CT molecular complexity index is 647. The summed E-state index contributed by atoms with van der Waals surface area (Å²) >= 11 is 1.53. The Morgan fingerprint density at radius 3 is 1.76 bits per heavy atom. The molecule has 198 valence electrons. The van der Waals surface area contributed by atoms with Crippen LogP contribution in [0.2, 0.25) is 0 Å². The number of hydrogen-bond donors (Lipinski definition) is 6. The minimum atomic E-state index is -1.13. The maximum atomic E-state index is 13.1. The van der Waals surface area contributed by atoms with Gasteiger partial charge < -0.3 is 32.5 Å². The first-order valence-corrected chi connectivity index (χ1v) is 13.4. The van der Waals surface area contributed by atoms with Gasteiger partial charge in [0.1, 0.15) is 18.1 Å². The number of carboxylic acid groups (broad SMARTS) is 1. The predicted molar refractivity (Wildman–Crippen MR) is 136 cm³/mol. The zero-order valence-corrected chi connectivity index (χ0v) is 22.1. The van der Waals surface area contributed by atoms with Crippen LogP contribution in [-0.2, 0) is 19.2 Å². The van der Waals surface area contributed by atoms with Crippen LogP contribution in [0, 0.1) is 11.8 Å². The summed E-state index contributed by atoms with van der Waals surface area (Å²) in [7, 11) is 0. The molecule has 11 heteroatoms. The highest BCUT2D eigenvalue weighted by atomic mass is 32.2. The van der Waals surface area contributed by atoms with Crippen molar-refractivity contribution in [3.8, 4) is 0 Å². The second-order valence-electron chi connectivity index (χ2n) is 9.45. The van der Waals surface area contributed by atoms with Crippen LogP contribution in [0.25, 0.3) is 0 Å². The summed E-state index contributed by atoms with van der Waals surface area (Å²) in [5.74, 6) is -1.69. The molecule has 0 rings (SSSR count). The molecule has 0 bridgehead atoms. The van der Waals surface area contributed by atoms with Crippen molar-refractivity contribution in [1.29, 1.82) is 0 Å². The third-order valence-corrected chi connectivity index (χ3v) is 5.85. The molecule has 3 amide bonds. The van der Waals surface area contributed by atoms with Crippen molar-refractivity contribution in [2.24, 2.45) is 23.3 Å². The first-order chi connectivity index (χ1) is 15.9. The number of aliphatic carboxylic acids is 1. The summed E-state index contributed by atoms with van der Waals surface area (Å²) in [6.07, 6.45) is 4.56. The number of amides is 3. The summed E-state index contributed by atoms with van der Waals surface area (Å²) in [5.41, 5.74) is 11.5. The summed E-state index contributed by atoms with van der Waals surface area (Å²) in [6.45, 7) is 8.09. The molecule has 34 heavy (non-hydrogen) atoms. The monoisotopic (exact) mass is 503 g/mol. The smallest absolute Gasteiger partial charge is 0.326 e. The molecular formula is C23H45N5O5S. The Labute approximate surface area is 208 Å². The molecule has 0 saturated heterocycles. The van der Waals surface area contributed by atoms with E-state index in [9.17, 15) is 24.3 Å². The van der Waals surface area contributed by atoms with Crippen LogP contribution in [0.4, 0.5) is 0 Å². The minimum absolute atomic E-state index is 0.0628. The summed E-state index contributed by atoms with van der Waals surface area (Å²) in [5, 5.41) is 17.5. The molecule has 0 aromatic carbocycles. The average Bonchev–Trinajstić information content (AvgIpc) is 2.74. The Morgan fingerprint density at radius 1 is 0.794 bits per heavy atom. The van der Waals surface area contributed by atoms with Crippen LogP contribution in [0.15, 0.2) is 0 Å². The zero-order valence-electron chi connectivity index (χ0n) is 21.3. The number of carbonyl (C=O) groups excluding carboxylic acids is 3. The number of nitrogens with two attached hydrogens (primary N) is 2. The van der Waals surface area contributed by atoms with Crippen molar-refractivity contribution in [3.05, 3.63) is 0 Å². The van der Waals surface area contributed by atoms with Gasteiger partial charge in [0.05, 0.1) is 6.04 Å². The number of nitrogens with one attached hydrogen (secondary N) is 3. The molecule has 4 unspecified atom stereocenters. The van der Waals surface area contributed by atoms with E-state index >= 15 is 0 Å². The fraction of sp³-hybridized carbons (Fsp3) is 0.826. The molecule has 0 fully saturated rings. The lowest BCUT2D eigenvalue weighted by molar-refractivity contribution is -0.142. The van der Waals surface area contributed by atoms with Gasteiger partial charge in [0.2, 0.25) is 17.7 Å². The van der Waals surface area contributed by atoms with Crippen molar-refractivity contribution in [3.63, 3.8) is 0 Å². The number of carbonyl (C=O) groups is 4. The SMILES string of the molecule is CSCCC(NC(=O)C(N)CC(C)C)C(=O)NC(CCCCN)C(=O)NC(CC(C)C)C(=O)O. The van der Waals surface area contributed by atoms with Gasteiger partial charge in [0, 0.05) is 0 Å². The van der Waals surface area contributed by atoms with Gasteiger partial charge in [-0.05, 0) is 68.9 Å². The van der Waals surface area contributed by atoms with Gasteiger partial charge in [-0.3, -0.25) is 14.4 Å². The number of hydrogen-bond acceptors (Lipinski definition) is 7.